The fourth-order valence-corrected chi connectivity index (χ4v) is 2.73. The van der Waals surface area contributed by atoms with E-state index in [1.807, 2.05) is 19.2 Å². The van der Waals surface area contributed by atoms with Crippen LogP contribution in [0.2, 0.25) is 0 Å². The number of pyridine rings is 1. The van der Waals surface area contributed by atoms with Crippen molar-refractivity contribution < 1.29 is 4.92 Å². The molecule has 2 N–H and O–H groups in total. The maximum absolute atomic E-state index is 10.8. The second kappa shape index (κ2) is 5.29. The van der Waals surface area contributed by atoms with Crippen molar-refractivity contribution in [3.8, 4) is 0 Å². The second-order valence-corrected chi connectivity index (χ2v) is 5.55. The zero-order valence-corrected chi connectivity index (χ0v) is 11.9. The van der Waals surface area contributed by atoms with Gasteiger partial charge in [-0.25, -0.2) is 4.98 Å². The summed E-state index contributed by atoms with van der Waals surface area (Å²) in [6, 6.07) is 8.82. The number of non-ortho nitro benzene ring substituents is 1. The van der Waals surface area contributed by atoms with E-state index in [4.69, 9.17) is 5.73 Å². The normalized spacial score (nSPS) is 15.9. The molecule has 1 aliphatic rings. The molecule has 1 heterocycles. The highest BCUT2D eigenvalue weighted by Gasteiger charge is 2.33. The lowest BCUT2D eigenvalue weighted by atomic mass is 10.1. The SMILES string of the molecule is CN(c1ccc2cc([N+](=O)[O-])ccc2n1)C(CN)C1CC1. The molecule has 3 rings (SSSR count). The molecule has 1 saturated carbocycles. The van der Waals surface area contributed by atoms with E-state index in [1.54, 1.807) is 12.1 Å². The Morgan fingerprint density at radius 3 is 2.81 bits per heavy atom. The minimum Gasteiger partial charge on any atom is -0.355 e. The average molecular weight is 286 g/mol. The molecule has 110 valence electrons. The van der Waals surface area contributed by atoms with Gasteiger partial charge in [-0.2, -0.15) is 0 Å². The Bertz CT molecular complexity index is 684. The van der Waals surface area contributed by atoms with Gasteiger partial charge in [-0.3, -0.25) is 10.1 Å². The fraction of sp³-hybridized carbons (Fsp3) is 0.400. The number of hydrogen-bond donors (Lipinski definition) is 1. The van der Waals surface area contributed by atoms with Crippen LogP contribution >= 0.6 is 0 Å². The summed E-state index contributed by atoms with van der Waals surface area (Å²) in [5.74, 6) is 1.52. The molecule has 0 saturated heterocycles. The molecule has 6 heteroatoms. The van der Waals surface area contributed by atoms with Gasteiger partial charge in [-0.15, -0.1) is 0 Å². The van der Waals surface area contributed by atoms with Gasteiger partial charge in [0.1, 0.15) is 5.82 Å². The monoisotopic (exact) mass is 286 g/mol. The molecule has 0 radical (unpaired) electrons. The largest absolute Gasteiger partial charge is 0.355 e. The standard InChI is InChI=1S/C15H18N4O2/c1-18(14(9-16)10-2-3-10)15-7-4-11-8-12(19(20)21)5-6-13(11)17-15/h4-8,10,14H,2-3,9,16H2,1H3. The van der Waals surface area contributed by atoms with Gasteiger partial charge in [-0.05, 0) is 37.0 Å². The first-order chi connectivity index (χ1) is 10.1. The molecule has 1 unspecified atom stereocenters. The molecule has 2 aromatic rings. The molecule has 6 nitrogen and oxygen atoms in total. The molecule has 0 aliphatic heterocycles. The highest BCUT2D eigenvalue weighted by Crippen LogP contribution is 2.36. The Kier molecular flexibility index (Phi) is 3.47. The van der Waals surface area contributed by atoms with E-state index in [2.05, 4.69) is 9.88 Å². The number of anilines is 1. The molecular formula is C15H18N4O2. The van der Waals surface area contributed by atoms with Gasteiger partial charge in [-0.1, -0.05) is 0 Å². The molecule has 1 aliphatic carbocycles. The van der Waals surface area contributed by atoms with E-state index in [1.165, 1.54) is 18.9 Å². The summed E-state index contributed by atoms with van der Waals surface area (Å²) in [7, 11) is 2.01. The molecule has 1 aromatic heterocycles. The number of likely N-dealkylation sites (N-methyl/N-ethyl adjacent to an activating group) is 1. The highest BCUT2D eigenvalue weighted by atomic mass is 16.6. The molecular weight excluding hydrogens is 268 g/mol. The third-order valence-electron chi connectivity index (χ3n) is 4.14. The highest BCUT2D eigenvalue weighted by molar-refractivity contribution is 5.82. The number of rotatable bonds is 5. The number of nitrogens with zero attached hydrogens (tertiary/aromatic N) is 3. The Morgan fingerprint density at radius 2 is 2.19 bits per heavy atom. The Hall–Kier alpha value is -2.21. The van der Waals surface area contributed by atoms with E-state index in [-0.39, 0.29) is 5.69 Å². The lowest BCUT2D eigenvalue weighted by Gasteiger charge is -2.28. The Balaban J connectivity index is 1.93. The van der Waals surface area contributed by atoms with E-state index in [0.29, 0.717) is 18.5 Å². The van der Waals surface area contributed by atoms with E-state index < -0.39 is 4.92 Å². The van der Waals surface area contributed by atoms with Gasteiger partial charge in [0.25, 0.3) is 5.69 Å². The van der Waals surface area contributed by atoms with Gasteiger partial charge in [0, 0.05) is 37.2 Å². The summed E-state index contributed by atoms with van der Waals surface area (Å²) in [5, 5.41) is 11.6. The Morgan fingerprint density at radius 1 is 1.43 bits per heavy atom. The summed E-state index contributed by atoms with van der Waals surface area (Å²) >= 11 is 0. The van der Waals surface area contributed by atoms with Crippen molar-refractivity contribution in [1.29, 1.82) is 0 Å². The number of aromatic nitrogens is 1. The van der Waals surface area contributed by atoms with Crippen LogP contribution in [0.15, 0.2) is 30.3 Å². The van der Waals surface area contributed by atoms with Gasteiger partial charge in [0.15, 0.2) is 0 Å². The number of fused-ring (bicyclic) bond motifs is 1. The minimum atomic E-state index is -0.392. The molecule has 1 atom stereocenters. The van der Waals surface area contributed by atoms with Crippen molar-refractivity contribution in [2.45, 2.75) is 18.9 Å². The number of nitro groups is 1. The van der Waals surface area contributed by atoms with Crippen LogP contribution in [0, 0.1) is 16.0 Å². The van der Waals surface area contributed by atoms with E-state index >= 15 is 0 Å². The van der Waals surface area contributed by atoms with Crippen LogP contribution in [0.25, 0.3) is 10.9 Å². The lowest BCUT2D eigenvalue weighted by Crippen LogP contribution is -2.40. The molecule has 1 aromatic carbocycles. The summed E-state index contributed by atoms with van der Waals surface area (Å²) in [6.45, 7) is 0.612. The molecule has 0 amide bonds. The van der Waals surface area contributed by atoms with Crippen molar-refractivity contribution in [2.75, 3.05) is 18.5 Å². The molecule has 0 spiro atoms. The summed E-state index contributed by atoms with van der Waals surface area (Å²) in [6.07, 6.45) is 2.46. The van der Waals surface area contributed by atoms with Crippen LogP contribution in [0.4, 0.5) is 11.5 Å². The first-order valence-electron chi connectivity index (χ1n) is 7.08. The number of hydrogen-bond acceptors (Lipinski definition) is 5. The third-order valence-corrected chi connectivity index (χ3v) is 4.14. The van der Waals surface area contributed by atoms with Crippen molar-refractivity contribution in [1.82, 2.24) is 4.98 Å². The van der Waals surface area contributed by atoms with E-state index in [0.717, 1.165) is 16.7 Å². The van der Waals surface area contributed by atoms with Crippen LogP contribution in [-0.4, -0.2) is 29.5 Å². The van der Waals surface area contributed by atoms with Gasteiger partial charge < -0.3 is 10.6 Å². The van der Waals surface area contributed by atoms with Crippen LogP contribution in [0.1, 0.15) is 12.8 Å². The molecule has 21 heavy (non-hydrogen) atoms. The van der Waals surface area contributed by atoms with Crippen LogP contribution in [0.5, 0.6) is 0 Å². The van der Waals surface area contributed by atoms with Crippen molar-refractivity contribution in [2.24, 2.45) is 11.7 Å². The first-order valence-corrected chi connectivity index (χ1v) is 7.08. The van der Waals surface area contributed by atoms with Crippen molar-refractivity contribution in [3.63, 3.8) is 0 Å². The van der Waals surface area contributed by atoms with Crippen LogP contribution in [-0.2, 0) is 0 Å². The van der Waals surface area contributed by atoms with Crippen molar-refractivity contribution in [3.05, 3.63) is 40.4 Å². The molecule has 1 fully saturated rings. The fourth-order valence-electron chi connectivity index (χ4n) is 2.73. The van der Waals surface area contributed by atoms with Crippen LogP contribution in [0.3, 0.4) is 0 Å². The summed E-state index contributed by atoms with van der Waals surface area (Å²) in [5.41, 5.74) is 6.72. The number of benzene rings is 1. The maximum atomic E-state index is 10.8. The summed E-state index contributed by atoms with van der Waals surface area (Å²) < 4.78 is 0. The zero-order chi connectivity index (χ0) is 15.0. The van der Waals surface area contributed by atoms with Gasteiger partial charge in [0.05, 0.1) is 10.4 Å². The minimum absolute atomic E-state index is 0.0863. The number of nitrogens with two attached hydrogens (primary N) is 1. The zero-order valence-electron chi connectivity index (χ0n) is 11.9. The van der Waals surface area contributed by atoms with E-state index in [9.17, 15) is 10.1 Å². The van der Waals surface area contributed by atoms with Crippen LogP contribution < -0.4 is 10.6 Å². The smallest absolute Gasteiger partial charge is 0.270 e. The second-order valence-electron chi connectivity index (χ2n) is 5.55. The number of nitro benzene ring substituents is 1. The first kappa shape index (κ1) is 13.8. The Labute approximate surface area is 122 Å². The van der Waals surface area contributed by atoms with Crippen molar-refractivity contribution >= 4 is 22.4 Å². The van der Waals surface area contributed by atoms with Gasteiger partial charge >= 0.3 is 0 Å². The topological polar surface area (TPSA) is 85.3 Å². The lowest BCUT2D eigenvalue weighted by molar-refractivity contribution is -0.384. The predicted molar refractivity (Wildman–Crippen MR) is 82.4 cm³/mol. The predicted octanol–water partition coefficient (Wildman–Crippen LogP) is 2.32. The maximum Gasteiger partial charge on any atom is 0.270 e. The molecule has 0 bridgehead atoms. The van der Waals surface area contributed by atoms with Gasteiger partial charge in [0.2, 0.25) is 0 Å². The quantitative estimate of drug-likeness (QED) is 0.673. The average Bonchev–Trinajstić information content (AvgIpc) is 3.31. The third kappa shape index (κ3) is 2.67. The summed E-state index contributed by atoms with van der Waals surface area (Å²) in [4.78, 5) is 17.1.